The number of nitrogens with zero attached hydrogens (tertiary/aromatic N) is 1. The summed E-state index contributed by atoms with van der Waals surface area (Å²) in [5.74, 6) is -0.368. The molecule has 3 unspecified atom stereocenters. The molecule has 188 valence electrons. The van der Waals surface area contributed by atoms with Crippen LogP contribution in [0.25, 0.3) is 10.9 Å². The Balaban J connectivity index is 1.50. The molecular formula is C29H34N4O3. The zero-order valence-corrected chi connectivity index (χ0v) is 21.1. The zero-order chi connectivity index (χ0) is 25.4. The fourth-order valence-corrected chi connectivity index (χ4v) is 5.62. The largest absolute Gasteiger partial charge is 0.356 e. The summed E-state index contributed by atoms with van der Waals surface area (Å²) in [5, 5.41) is 7.05. The monoisotopic (exact) mass is 486 g/mol. The van der Waals surface area contributed by atoms with Gasteiger partial charge in [0.15, 0.2) is 0 Å². The van der Waals surface area contributed by atoms with Crippen molar-refractivity contribution < 1.29 is 14.4 Å². The van der Waals surface area contributed by atoms with Gasteiger partial charge in [-0.1, -0.05) is 63.6 Å². The van der Waals surface area contributed by atoms with Crippen molar-refractivity contribution >= 4 is 28.6 Å². The Labute approximate surface area is 211 Å². The second-order valence-corrected chi connectivity index (χ2v) is 10.3. The molecule has 1 aromatic heterocycles. The summed E-state index contributed by atoms with van der Waals surface area (Å²) in [6, 6.07) is 13.9. The lowest BCUT2D eigenvalue weighted by atomic mass is 9.89. The molecule has 3 heterocycles. The fraction of sp³-hybridized carbons (Fsp3) is 0.414. The smallest absolute Gasteiger partial charge is 0.255 e. The van der Waals surface area contributed by atoms with Crippen molar-refractivity contribution in [1.29, 1.82) is 0 Å². The van der Waals surface area contributed by atoms with Crippen LogP contribution in [0.3, 0.4) is 0 Å². The molecule has 7 nitrogen and oxygen atoms in total. The van der Waals surface area contributed by atoms with Gasteiger partial charge in [-0.25, -0.2) is 0 Å². The molecule has 36 heavy (non-hydrogen) atoms. The molecular weight excluding hydrogens is 452 g/mol. The minimum Gasteiger partial charge on any atom is -0.356 e. The van der Waals surface area contributed by atoms with E-state index in [1.54, 1.807) is 4.90 Å². The zero-order valence-electron chi connectivity index (χ0n) is 21.1. The van der Waals surface area contributed by atoms with Crippen LogP contribution in [0.2, 0.25) is 0 Å². The predicted molar refractivity (Wildman–Crippen MR) is 140 cm³/mol. The second kappa shape index (κ2) is 9.80. The molecule has 0 fully saturated rings. The van der Waals surface area contributed by atoms with E-state index in [-0.39, 0.29) is 29.7 Å². The minimum absolute atomic E-state index is 0.145. The first-order valence-electron chi connectivity index (χ1n) is 13.0. The molecule has 3 N–H and O–H groups in total. The van der Waals surface area contributed by atoms with Crippen LogP contribution in [0, 0.1) is 5.92 Å². The van der Waals surface area contributed by atoms with Crippen LogP contribution in [-0.4, -0.2) is 46.2 Å². The molecule has 5 rings (SSSR count). The summed E-state index contributed by atoms with van der Waals surface area (Å²) in [6.45, 7) is 6.73. The summed E-state index contributed by atoms with van der Waals surface area (Å²) < 4.78 is 0. The number of benzene rings is 2. The number of nitrogens with one attached hydrogen (secondary N) is 3. The van der Waals surface area contributed by atoms with Crippen LogP contribution in [0.5, 0.6) is 0 Å². The molecule has 2 aromatic carbocycles. The normalized spacial score (nSPS) is 19.1. The summed E-state index contributed by atoms with van der Waals surface area (Å²) in [4.78, 5) is 45.6. The number of aromatic amines is 1. The van der Waals surface area contributed by atoms with Gasteiger partial charge in [0.25, 0.3) is 5.91 Å². The van der Waals surface area contributed by atoms with E-state index >= 15 is 0 Å². The third-order valence-electron chi connectivity index (χ3n) is 7.32. The van der Waals surface area contributed by atoms with Gasteiger partial charge in [0, 0.05) is 35.1 Å². The average molecular weight is 487 g/mol. The van der Waals surface area contributed by atoms with Crippen molar-refractivity contribution in [2.24, 2.45) is 5.92 Å². The molecule has 3 aromatic rings. The van der Waals surface area contributed by atoms with Crippen molar-refractivity contribution in [2.75, 3.05) is 6.54 Å². The first kappa shape index (κ1) is 24.1. The number of fused-ring (bicyclic) bond motifs is 7. The maximum atomic E-state index is 13.8. The molecule has 0 saturated carbocycles. The lowest BCUT2D eigenvalue weighted by molar-refractivity contribution is -0.132. The Morgan fingerprint density at radius 2 is 1.86 bits per heavy atom. The number of rotatable bonds is 8. The summed E-state index contributed by atoms with van der Waals surface area (Å²) in [5.41, 5.74) is 4.55. The van der Waals surface area contributed by atoms with Gasteiger partial charge < -0.3 is 20.5 Å². The maximum Gasteiger partial charge on any atom is 0.255 e. The molecule has 0 bridgehead atoms. The van der Waals surface area contributed by atoms with Gasteiger partial charge in [0.05, 0.1) is 6.04 Å². The van der Waals surface area contributed by atoms with Gasteiger partial charge in [-0.2, -0.15) is 0 Å². The molecule has 2 aliphatic heterocycles. The SMILES string of the molecule is CCCCNC(=O)C(CC(C)C)NC(=O)C1Cc2c([nH]c3ccccc23)C2c3ccccc3C(=O)N12. The number of H-pyrrole nitrogens is 1. The van der Waals surface area contributed by atoms with E-state index in [1.807, 2.05) is 56.3 Å². The van der Waals surface area contributed by atoms with Crippen molar-refractivity contribution in [3.63, 3.8) is 0 Å². The molecule has 0 aliphatic carbocycles. The summed E-state index contributed by atoms with van der Waals surface area (Å²) in [7, 11) is 0. The highest BCUT2D eigenvalue weighted by Gasteiger charge is 2.49. The third kappa shape index (κ3) is 4.16. The first-order chi connectivity index (χ1) is 17.4. The highest BCUT2D eigenvalue weighted by molar-refractivity contribution is 6.04. The van der Waals surface area contributed by atoms with E-state index < -0.39 is 12.1 Å². The second-order valence-electron chi connectivity index (χ2n) is 10.3. The van der Waals surface area contributed by atoms with Crippen molar-refractivity contribution in [3.05, 3.63) is 70.9 Å². The number of hydrogen-bond donors (Lipinski definition) is 3. The Morgan fingerprint density at radius 1 is 1.11 bits per heavy atom. The number of aromatic nitrogens is 1. The highest BCUT2D eigenvalue weighted by atomic mass is 16.2. The van der Waals surface area contributed by atoms with Crippen LogP contribution in [0.1, 0.15) is 73.3 Å². The molecule has 3 atom stereocenters. The molecule has 0 radical (unpaired) electrons. The summed E-state index contributed by atoms with van der Waals surface area (Å²) >= 11 is 0. The number of amides is 3. The van der Waals surface area contributed by atoms with Crippen LogP contribution in [0.4, 0.5) is 0 Å². The van der Waals surface area contributed by atoms with Crippen molar-refractivity contribution in [3.8, 4) is 0 Å². The Morgan fingerprint density at radius 3 is 2.64 bits per heavy atom. The van der Waals surface area contributed by atoms with E-state index in [1.165, 1.54) is 0 Å². The predicted octanol–water partition coefficient (Wildman–Crippen LogP) is 4.09. The number of carbonyl (C=O) groups is 3. The highest BCUT2D eigenvalue weighted by Crippen LogP contribution is 2.46. The molecule has 0 saturated heterocycles. The average Bonchev–Trinajstić information content (AvgIpc) is 3.38. The van der Waals surface area contributed by atoms with Gasteiger partial charge in [0.2, 0.25) is 11.8 Å². The van der Waals surface area contributed by atoms with E-state index in [0.717, 1.165) is 40.6 Å². The van der Waals surface area contributed by atoms with Gasteiger partial charge >= 0.3 is 0 Å². The lowest BCUT2D eigenvalue weighted by Gasteiger charge is -2.37. The first-order valence-corrected chi connectivity index (χ1v) is 13.0. The van der Waals surface area contributed by atoms with E-state index in [0.29, 0.717) is 24.9 Å². The van der Waals surface area contributed by atoms with Crippen LogP contribution in [-0.2, 0) is 16.0 Å². The Hall–Kier alpha value is -3.61. The Kier molecular flexibility index (Phi) is 6.56. The molecule has 2 aliphatic rings. The minimum atomic E-state index is -0.709. The van der Waals surface area contributed by atoms with E-state index in [2.05, 4.69) is 28.6 Å². The van der Waals surface area contributed by atoms with Gasteiger partial charge in [-0.3, -0.25) is 14.4 Å². The van der Waals surface area contributed by atoms with Crippen molar-refractivity contribution in [1.82, 2.24) is 20.5 Å². The topological polar surface area (TPSA) is 94.3 Å². The fourth-order valence-electron chi connectivity index (χ4n) is 5.62. The van der Waals surface area contributed by atoms with Crippen LogP contribution < -0.4 is 10.6 Å². The molecule has 0 spiro atoms. The standard InChI is InChI=1S/C29H34N4O3/c1-4-5-14-30-27(34)23(15-17(2)3)32-28(35)24-16-21-18-10-8-9-13-22(18)31-25(21)26-19-11-6-7-12-20(19)29(36)33(24)26/h6-13,17,23-24,26,31H,4-5,14-16H2,1-3H3,(H,30,34)(H,32,35). The number of carbonyl (C=O) groups excluding carboxylic acids is 3. The number of unbranched alkanes of at least 4 members (excludes halogenated alkanes) is 1. The van der Waals surface area contributed by atoms with E-state index in [9.17, 15) is 14.4 Å². The van der Waals surface area contributed by atoms with Crippen LogP contribution >= 0.6 is 0 Å². The summed E-state index contributed by atoms with van der Waals surface area (Å²) in [6.07, 6.45) is 2.80. The lowest BCUT2D eigenvalue weighted by Crippen LogP contribution is -2.56. The Bertz CT molecular complexity index is 1310. The molecule has 3 amide bonds. The third-order valence-corrected chi connectivity index (χ3v) is 7.32. The van der Waals surface area contributed by atoms with Crippen LogP contribution in [0.15, 0.2) is 48.5 Å². The van der Waals surface area contributed by atoms with Crippen molar-refractivity contribution in [2.45, 2.75) is 64.6 Å². The van der Waals surface area contributed by atoms with Gasteiger partial charge in [-0.15, -0.1) is 0 Å². The maximum absolute atomic E-state index is 13.8. The molecule has 7 heteroatoms. The van der Waals surface area contributed by atoms with Gasteiger partial charge in [-0.05, 0) is 42.0 Å². The van der Waals surface area contributed by atoms with E-state index in [4.69, 9.17) is 0 Å². The quantitative estimate of drug-likeness (QED) is 0.419. The van der Waals surface area contributed by atoms with Gasteiger partial charge in [0.1, 0.15) is 12.1 Å². The number of para-hydroxylation sites is 1. The number of hydrogen-bond acceptors (Lipinski definition) is 3.